The van der Waals surface area contributed by atoms with Crippen LogP contribution < -0.4 is 0 Å². The first-order valence-corrected chi connectivity index (χ1v) is 4.09. The molecular formula is C9H10N4. The summed E-state index contributed by atoms with van der Waals surface area (Å²) in [6, 6.07) is 8.07. The first-order valence-electron chi connectivity index (χ1n) is 4.09. The summed E-state index contributed by atoms with van der Waals surface area (Å²) < 4.78 is 1.71. The Morgan fingerprint density at radius 1 is 1.08 bits per heavy atom. The van der Waals surface area contributed by atoms with Gasteiger partial charge in [-0.1, -0.05) is 17.7 Å². The summed E-state index contributed by atoms with van der Waals surface area (Å²) in [6.07, 6.45) is 0. The third-order valence-corrected chi connectivity index (χ3v) is 1.90. The predicted molar refractivity (Wildman–Crippen MR) is 48.6 cm³/mol. The summed E-state index contributed by atoms with van der Waals surface area (Å²) in [5, 5.41) is 11.3. The van der Waals surface area contributed by atoms with E-state index in [9.17, 15) is 0 Å². The Bertz CT molecular complexity index is 402. The van der Waals surface area contributed by atoms with Crippen molar-refractivity contribution in [3.8, 4) is 5.69 Å². The lowest BCUT2D eigenvalue weighted by molar-refractivity contribution is 0.779. The summed E-state index contributed by atoms with van der Waals surface area (Å²) in [5.74, 6) is 0.795. The maximum Gasteiger partial charge on any atom is 0.153 e. The van der Waals surface area contributed by atoms with Crippen molar-refractivity contribution >= 4 is 0 Å². The summed E-state index contributed by atoms with van der Waals surface area (Å²) in [5.41, 5.74) is 2.22. The molecule has 13 heavy (non-hydrogen) atoms. The lowest BCUT2D eigenvalue weighted by Gasteiger charge is -2.00. The van der Waals surface area contributed by atoms with Crippen LogP contribution in [0.2, 0.25) is 0 Å². The normalized spacial score (nSPS) is 10.3. The van der Waals surface area contributed by atoms with Crippen LogP contribution >= 0.6 is 0 Å². The zero-order valence-corrected chi connectivity index (χ0v) is 7.60. The average molecular weight is 174 g/mol. The molecule has 0 N–H and O–H groups in total. The van der Waals surface area contributed by atoms with Crippen molar-refractivity contribution in [2.45, 2.75) is 13.8 Å². The van der Waals surface area contributed by atoms with E-state index in [4.69, 9.17) is 0 Å². The van der Waals surface area contributed by atoms with E-state index in [0.717, 1.165) is 11.5 Å². The SMILES string of the molecule is Cc1ccc(-n2nnnc2C)cc1. The lowest BCUT2D eigenvalue weighted by Crippen LogP contribution is -1.98. The van der Waals surface area contributed by atoms with E-state index in [1.54, 1.807) is 4.68 Å². The Balaban J connectivity index is 2.47. The van der Waals surface area contributed by atoms with Crippen LogP contribution in [0.1, 0.15) is 11.4 Å². The number of tetrazole rings is 1. The Morgan fingerprint density at radius 3 is 2.31 bits per heavy atom. The fraction of sp³-hybridized carbons (Fsp3) is 0.222. The van der Waals surface area contributed by atoms with Gasteiger partial charge in [-0.05, 0) is 36.4 Å². The maximum atomic E-state index is 3.87. The van der Waals surface area contributed by atoms with Crippen LogP contribution in [-0.2, 0) is 0 Å². The van der Waals surface area contributed by atoms with Crippen molar-refractivity contribution in [1.29, 1.82) is 0 Å². The molecule has 0 aliphatic carbocycles. The van der Waals surface area contributed by atoms with E-state index < -0.39 is 0 Å². The van der Waals surface area contributed by atoms with Gasteiger partial charge in [-0.15, -0.1) is 5.10 Å². The number of rotatable bonds is 1. The zero-order chi connectivity index (χ0) is 9.26. The van der Waals surface area contributed by atoms with E-state index in [2.05, 4.69) is 22.4 Å². The first kappa shape index (κ1) is 7.91. The predicted octanol–water partition coefficient (Wildman–Crippen LogP) is 1.28. The van der Waals surface area contributed by atoms with E-state index in [1.165, 1.54) is 5.56 Å². The molecule has 0 bridgehead atoms. The molecule has 0 radical (unpaired) electrons. The third kappa shape index (κ3) is 1.42. The molecule has 0 saturated carbocycles. The Morgan fingerprint density at radius 2 is 1.77 bits per heavy atom. The van der Waals surface area contributed by atoms with Gasteiger partial charge in [0.05, 0.1) is 5.69 Å². The van der Waals surface area contributed by atoms with Crippen molar-refractivity contribution in [1.82, 2.24) is 20.2 Å². The second kappa shape index (κ2) is 2.97. The van der Waals surface area contributed by atoms with Gasteiger partial charge in [0.25, 0.3) is 0 Å². The molecular weight excluding hydrogens is 164 g/mol. The highest BCUT2D eigenvalue weighted by atomic mass is 15.5. The van der Waals surface area contributed by atoms with Crippen LogP contribution in [-0.4, -0.2) is 20.2 Å². The molecule has 1 aromatic heterocycles. The highest BCUT2D eigenvalue weighted by Crippen LogP contribution is 2.08. The van der Waals surface area contributed by atoms with Crippen molar-refractivity contribution in [3.05, 3.63) is 35.7 Å². The van der Waals surface area contributed by atoms with Gasteiger partial charge in [0.2, 0.25) is 0 Å². The molecule has 4 nitrogen and oxygen atoms in total. The fourth-order valence-corrected chi connectivity index (χ4v) is 1.16. The van der Waals surface area contributed by atoms with Crippen LogP contribution in [0, 0.1) is 13.8 Å². The minimum Gasteiger partial charge on any atom is -0.198 e. The monoisotopic (exact) mass is 174 g/mol. The molecule has 2 rings (SSSR count). The molecule has 1 aromatic carbocycles. The van der Waals surface area contributed by atoms with Gasteiger partial charge in [-0.25, -0.2) is 0 Å². The minimum absolute atomic E-state index is 0.795. The smallest absolute Gasteiger partial charge is 0.153 e. The molecule has 2 aromatic rings. The summed E-state index contributed by atoms with van der Waals surface area (Å²) >= 11 is 0. The van der Waals surface area contributed by atoms with Gasteiger partial charge < -0.3 is 0 Å². The molecule has 0 fully saturated rings. The van der Waals surface area contributed by atoms with Crippen LogP contribution in [0.4, 0.5) is 0 Å². The third-order valence-electron chi connectivity index (χ3n) is 1.90. The van der Waals surface area contributed by atoms with Crippen molar-refractivity contribution in [2.75, 3.05) is 0 Å². The van der Waals surface area contributed by atoms with E-state index in [-0.39, 0.29) is 0 Å². The van der Waals surface area contributed by atoms with E-state index in [0.29, 0.717) is 0 Å². The van der Waals surface area contributed by atoms with Gasteiger partial charge >= 0.3 is 0 Å². The topological polar surface area (TPSA) is 43.6 Å². The molecule has 0 unspecified atom stereocenters. The van der Waals surface area contributed by atoms with Crippen LogP contribution in [0.15, 0.2) is 24.3 Å². The lowest BCUT2D eigenvalue weighted by atomic mass is 10.2. The van der Waals surface area contributed by atoms with Crippen molar-refractivity contribution < 1.29 is 0 Å². The molecule has 0 aliphatic rings. The summed E-state index contributed by atoms with van der Waals surface area (Å²) in [7, 11) is 0. The number of benzene rings is 1. The van der Waals surface area contributed by atoms with Crippen molar-refractivity contribution in [3.63, 3.8) is 0 Å². The number of nitrogens with zero attached hydrogens (tertiary/aromatic N) is 4. The number of hydrogen-bond acceptors (Lipinski definition) is 3. The van der Waals surface area contributed by atoms with Crippen molar-refractivity contribution in [2.24, 2.45) is 0 Å². The van der Waals surface area contributed by atoms with Crippen LogP contribution in [0.5, 0.6) is 0 Å². The second-order valence-corrected chi connectivity index (χ2v) is 2.97. The minimum atomic E-state index is 0.795. The van der Waals surface area contributed by atoms with E-state index >= 15 is 0 Å². The van der Waals surface area contributed by atoms with Gasteiger partial charge in [-0.2, -0.15) is 4.68 Å². The molecule has 4 heteroatoms. The Kier molecular flexibility index (Phi) is 1.81. The highest BCUT2D eigenvalue weighted by molar-refractivity contribution is 5.33. The summed E-state index contributed by atoms with van der Waals surface area (Å²) in [6.45, 7) is 3.93. The average Bonchev–Trinajstić information content (AvgIpc) is 2.53. The molecule has 0 amide bonds. The van der Waals surface area contributed by atoms with Crippen LogP contribution in [0.3, 0.4) is 0 Å². The first-order chi connectivity index (χ1) is 6.27. The quantitative estimate of drug-likeness (QED) is 0.654. The van der Waals surface area contributed by atoms with Gasteiger partial charge in [0.15, 0.2) is 5.82 Å². The molecule has 0 atom stereocenters. The molecule has 0 spiro atoms. The van der Waals surface area contributed by atoms with Crippen LogP contribution in [0.25, 0.3) is 5.69 Å². The number of aromatic nitrogens is 4. The largest absolute Gasteiger partial charge is 0.198 e. The molecule has 1 heterocycles. The fourth-order valence-electron chi connectivity index (χ4n) is 1.16. The maximum absolute atomic E-state index is 3.87. The zero-order valence-electron chi connectivity index (χ0n) is 7.60. The van der Waals surface area contributed by atoms with Gasteiger partial charge in [0.1, 0.15) is 0 Å². The molecule has 0 saturated heterocycles. The second-order valence-electron chi connectivity index (χ2n) is 2.97. The van der Waals surface area contributed by atoms with Gasteiger partial charge in [0, 0.05) is 0 Å². The summed E-state index contributed by atoms with van der Waals surface area (Å²) in [4.78, 5) is 0. The van der Waals surface area contributed by atoms with E-state index in [1.807, 2.05) is 31.2 Å². The molecule has 0 aliphatic heterocycles. The number of hydrogen-bond donors (Lipinski definition) is 0. The Hall–Kier alpha value is -1.71. The number of aryl methyl sites for hydroxylation is 2. The standard InChI is InChI=1S/C9H10N4/c1-7-3-5-9(6-4-7)13-8(2)10-11-12-13/h3-6H,1-2H3. The highest BCUT2D eigenvalue weighted by Gasteiger charge is 2.01. The van der Waals surface area contributed by atoms with Gasteiger partial charge in [-0.3, -0.25) is 0 Å². The molecule has 66 valence electrons. The Labute approximate surface area is 76.2 Å².